The van der Waals surface area contributed by atoms with Crippen LogP contribution in [0.2, 0.25) is 5.02 Å². The van der Waals surface area contributed by atoms with Crippen molar-refractivity contribution >= 4 is 40.9 Å². The molecule has 126 valence electrons. The van der Waals surface area contributed by atoms with Crippen LogP contribution in [-0.4, -0.2) is 24.2 Å². The first-order valence-electron chi connectivity index (χ1n) is 7.46. The molecule has 4 nitrogen and oxygen atoms in total. The molecule has 0 aliphatic rings. The SMILES string of the molecule is CCSc1ccccc1C(=O)OCC(=O)Nc1cc(Cl)ccc1C. The minimum absolute atomic E-state index is 0.351. The molecule has 0 unspecified atom stereocenters. The van der Waals surface area contributed by atoms with Crippen LogP contribution in [0, 0.1) is 6.92 Å². The second-order valence-corrected chi connectivity index (χ2v) is 6.76. The third kappa shape index (κ3) is 5.01. The van der Waals surface area contributed by atoms with Crippen molar-refractivity contribution in [3.8, 4) is 0 Å². The predicted molar refractivity (Wildman–Crippen MR) is 97.9 cm³/mol. The van der Waals surface area contributed by atoms with E-state index >= 15 is 0 Å². The molecule has 1 N–H and O–H groups in total. The summed E-state index contributed by atoms with van der Waals surface area (Å²) >= 11 is 7.47. The second-order valence-electron chi connectivity index (χ2n) is 5.01. The van der Waals surface area contributed by atoms with E-state index in [1.165, 1.54) is 0 Å². The molecule has 0 aromatic heterocycles. The maximum Gasteiger partial charge on any atom is 0.339 e. The average Bonchev–Trinajstić information content (AvgIpc) is 2.57. The van der Waals surface area contributed by atoms with Crippen molar-refractivity contribution in [1.29, 1.82) is 0 Å². The molecule has 1 amide bonds. The maximum absolute atomic E-state index is 12.2. The number of benzene rings is 2. The van der Waals surface area contributed by atoms with Gasteiger partial charge >= 0.3 is 5.97 Å². The van der Waals surface area contributed by atoms with Gasteiger partial charge in [0.2, 0.25) is 0 Å². The number of carbonyl (C=O) groups is 2. The van der Waals surface area contributed by atoms with Gasteiger partial charge in [0, 0.05) is 15.6 Å². The molecule has 6 heteroatoms. The van der Waals surface area contributed by atoms with Crippen molar-refractivity contribution in [2.24, 2.45) is 0 Å². The van der Waals surface area contributed by atoms with Crippen molar-refractivity contribution in [3.63, 3.8) is 0 Å². The van der Waals surface area contributed by atoms with Crippen LogP contribution in [0.15, 0.2) is 47.4 Å². The molecule has 0 fully saturated rings. The maximum atomic E-state index is 12.2. The Labute approximate surface area is 150 Å². The van der Waals surface area contributed by atoms with Crippen LogP contribution >= 0.6 is 23.4 Å². The van der Waals surface area contributed by atoms with Crippen LogP contribution in [0.3, 0.4) is 0 Å². The van der Waals surface area contributed by atoms with Gasteiger partial charge < -0.3 is 10.1 Å². The summed E-state index contributed by atoms with van der Waals surface area (Å²) in [6.45, 7) is 3.51. The Hall–Kier alpha value is -1.98. The Morgan fingerprint density at radius 1 is 1.21 bits per heavy atom. The Bertz CT molecular complexity index is 749. The van der Waals surface area contributed by atoms with E-state index in [-0.39, 0.29) is 6.61 Å². The molecule has 0 saturated carbocycles. The summed E-state index contributed by atoms with van der Waals surface area (Å²) in [5, 5.41) is 3.22. The molecule has 0 saturated heterocycles. The summed E-state index contributed by atoms with van der Waals surface area (Å²) < 4.78 is 5.12. The molecular weight excluding hydrogens is 346 g/mol. The fourth-order valence-corrected chi connectivity index (χ4v) is 3.01. The van der Waals surface area contributed by atoms with Gasteiger partial charge in [0.15, 0.2) is 6.61 Å². The number of amides is 1. The standard InChI is InChI=1S/C18H18ClNO3S/c1-3-24-16-7-5-4-6-14(16)18(22)23-11-17(21)20-15-10-13(19)9-8-12(15)2/h4-10H,3,11H2,1-2H3,(H,20,21). The lowest BCUT2D eigenvalue weighted by Crippen LogP contribution is -2.21. The minimum atomic E-state index is -0.510. The molecule has 24 heavy (non-hydrogen) atoms. The first-order valence-corrected chi connectivity index (χ1v) is 8.82. The lowest BCUT2D eigenvalue weighted by Gasteiger charge is -2.10. The van der Waals surface area contributed by atoms with E-state index in [1.54, 1.807) is 36.0 Å². The topological polar surface area (TPSA) is 55.4 Å². The highest BCUT2D eigenvalue weighted by molar-refractivity contribution is 7.99. The van der Waals surface area contributed by atoms with Crippen molar-refractivity contribution in [1.82, 2.24) is 0 Å². The second kappa shape index (κ2) is 8.76. The Morgan fingerprint density at radius 2 is 1.96 bits per heavy atom. The van der Waals surface area contributed by atoms with Crippen LogP contribution < -0.4 is 5.32 Å². The largest absolute Gasteiger partial charge is 0.452 e. The number of esters is 1. The third-order valence-corrected chi connectivity index (χ3v) is 4.41. The average molecular weight is 364 g/mol. The molecule has 0 atom stereocenters. The summed E-state index contributed by atoms with van der Waals surface area (Å²) in [4.78, 5) is 25.0. The number of halogens is 1. The van der Waals surface area contributed by atoms with Crippen LogP contribution in [0.4, 0.5) is 5.69 Å². The Balaban J connectivity index is 1.96. The van der Waals surface area contributed by atoms with E-state index in [0.29, 0.717) is 16.3 Å². The van der Waals surface area contributed by atoms with Crippen molar-refractivity contribution in [3.05, 3.63) is 58.6 Å². The number of thioether (sulfide) groups is 1. The normalized spacial score (nSPS) is 10.3. The lowest BCUT2D eigenvalue weighted by atomic mass is 10.2. The van der Waals surface area contributed by atoms with E-state index in [4.69, 9.17) is 16.3 Å². The smallest absolute Gasteiger partial charge is 0.339 e. The summed E-state index contributed by atoms with van der Waals surface area (Å²) in [7, 11) is 0. The summed E-state index contributed by atoms with van der Waals surface area (Å²) in [6, 6.07) is 12.4. The lowest BCUT2D eigenvalue weighted by molar-refractivity contribution is -0.119. The van der Waals surface area contributed by atoms with Crippen LogP contribution in [0.1, 0.15) is 22.8 Å². The zero-order valence-electron chi connectivity index (χ0n) is 13.5. The van der Waals surface area contributed by atoms with E-state index in [9.17, 15) is 9.59 Å². The quantitative estimate of drug-likeness (QED) is 0.604. The first-order chi connectivity index (χ1) is 11.5. The van der Waals surface area contributed by atoms with Gasteiger partial charge in [-0.3, -0.25) is 4.79 Å². The molecule has 0 heterocycles. The summed E-state index contributed by atoms with van der Waals surface area (Å²) in [5.41, 5.74) is 1.95. The first kappa shape index (κ1) is 18.4. The number of ether oxygens (including phenoxy) is 1. The highest BCUT2D eigenvalue weighted by Gasteiger charge is 2.14. The molecule has 0 radical (unpaired) electrons. The van der Waals surface area contributed by atoms with Crippen LogP contribution in [0.25, 0.3) is 0 Å². The van der Waals surface area contributed by atoms with Gasteiger partial charge in [0.1, 0.15) is 0 Å². The fourth-order valence-electron chi connectivity index (χ4n) is 2.04. The van der Waals surface area contributed by atoms with Gasteiger partial charge in [-0.05, 0) is 42.5 Å². The van der Waals surface area contributed by atoms with Crippen molar-refractivity contribution < 1.29 is 14.3 Å². The molecule has 0 bridgehead atoms. The molecule has 2 rings (SSSR count). The Kier molecular flexibility index (Phi) is 6.70. The highest BCUT2D eigenvalue weighted by atomic mass is 35.5. The van der Waals surface area contributed by atoms with Crippen molar-refractivity contribution in [2.75, 3.05) is 17.7 Å². The van der Waals surface area contributed by atoms with Gasteiger partial charge in [-0.1, -0.05) is 36.7 Å². The molecule has 2 aromatic rings. The molecule has 2 aromatic carbocycles. The summed E-state index contributed by atoms with van der Waals surface area (Å²) in [6.07, 6.45) is 0. The Morgan fingerprint density at radius 3 is 2.71 bits per heavy atom. The zero-order valence-corrected chi connectivity index (χ0v) is 15.0. The number of carbonyl (C=O) groups excluding carboxylic acids is 2. The minimum Gasteiger partial charge on any atom is -0.452 e. The molecule has 0 aliphatic carbocycles. The number of aryl methyl sites for hydroxylation is 1. The fraction of sp³-hybridized carbons (Fsp3) is 0.222. The van der Waals surface area contributed by atoms with E-state index in [0.717, 1.165) is 16.2 Å². The molecular formula is C18H18ClNO3S. The number of nitrogens with one attached hydrogen (secondary N) is 1. The monoisotopic (exact) mass is 363 g/mol. The number of hydrogen-bond acceptors (Lipinski definition) is 4. The van der Waals surface area contributed by atoms with Crippen molar-refractivity contribution in [2.45, 2.75) is 18.7 Å². The van der Waals surface area contributed by atoms with Gasteiger partial charge in [-0.2, -0.15) is 0 Å². The highest BCUT2D eigenvalue weighted by Crippen LogP contribution is 2.23. The molecule has 0 aliphatic heterocycles. The van der Waals surface area contributed by atoms with E-state index < -0.39 is 11.9 Å². The van der Waals surface area contributed by atoms with Gasteiger partial charge in [0.25, 0.3) is 5.91 Å². The van der Waals surface area contributed by atoms with Gasteiger partial charge in [-0.25, -0.2) is 4.79 Å². The third-order valence-electron chi connectivity index (χ3n) is 3.21. The van der Waals surface area contributed by atoms with E-state index in [1.807, 2.05) is 32.0 Å². The van der Waals surface area contributed by atoms with E-state index in [2.05, 4.69) is 5.32 Å². The van der Waals surface area contributed by atoms with Gasteiger partial charge in [0.05, 0.1) is 5.56 Å². The molecule has 0 spiro atoms. The van der Waals surface area contributed by atoms with Gasteiger partial charge in [-0.15, -0.1) is 11.8 Å². The van der Waals surface area contributed by atoms with Crippen LogP contribution in [0.5, 0.6) is 0 Å². The predicted octanol–water partition coefficient (Wildman–Crippen LogP) is 4.56. The number of anilines is 1. The summed E-state index contributed by atoms with van der Waals surface area (Å²) in [5.74, 6) is -0.0717. The number of rotatable bonds is 6. The van der Waals surface area contributed by atoms with Crippen LogP contribution in [-0.2, 0) is 9.53 Å². The number of hydrogen-bond donors (Lipinski definition) is 1. The zero-order chi connectivity index (χ0) is 17.5.